The van der Waals surface area contributed by atoms with Gasteiger partial charge in [-0.2, -0.15) is 0 Å². The van der Waals surface area contributed by atoms with Gasteiger partial charge in [0, 0.05) is 30.4 Å². The first-order valence-corrected chi connectivity index (χ1v) is 9.58. The van der Waals surface area contributed by atoms with Crippen LogP contribution < -0.4 is 10.6 Å². The number of aliphatic imine (C=N–C) groups is 1. The topological polar surface area (TPSA) is 79.8 Å². The number of pyridine rings is 1. The van der Waals surface area contributed by atoms with Crippen LogP contribution in [-0.2, 0) is 25.9 Å². The highest BCUT2D eigenvalue weighted by molar-refractivity contribution is 5.79. The molecule has 7 heteroatoms. The first-order chi connectivity index (χ1) is 13.2. The molecule has 0 fully saturated rings. The molecule has 3 rings (SSSR count). The van der Waals surface area contributed by atoms with E-state index in [4.69, 9.17) is 9.52 Å². The summed E-state index contributed by atoms with van der Waals surface area (Å²) in [6.45, 7) is 10.2. The fraction of sp³-hybridized carbons (Fsp3) is 0.450. The molecule has 7 nitrogen and oxygen atoms in total. The van der Waals surface area contributed by atoms with Crippen molar-refractivity contribution in [3.05, 3.63) is 52.8 Å². The highest BCUT2D eigenvalue weighted by atomic mass is 16.5. The third-order valence-electron chi connectivity index (χ3n) is 4.53. The molecular formula is C20H28N6O. The zero-order valence-electron chi connectivity index (χ0n) is 16.5. The van der Waals surface area contributed by atoms with E-state index >= 15 is 0 Å². The van der Waals surface area contributed by atoms with E-state index in [0.29, 0.717) is 13.1 Å². The molecule has 3 aromatic heterocycles. The van der Waals surface area contributed by atoms with Crippen molar-refractivity contribution in [3.8, 4) is 0 Å². The Morgan fingerprint density at radius 2 is 2.04 bits per heavy atom. The van der Waals surface area contributed by atoms with Crippen LogP contribution in [-0.4, -0.2) is 27.0 Å². The van der Waals surface area contributed by atoms with Gasteiger partial charge in [0.2, 0.25) is 0 Å². The smallest absolute Gasteiger partial charge is 0.191 e. The molecule has 0 saturated carbocycles. The molecule has 3 heterocycles. The summed E-state index contributed by atoms with van der Waals surface area (Å²) in [4.78, 5) is 9.38. The van der Waals surface area contributed by atoms with Gasteiger partial charge >= 0.3 is 0 Å². The maximum absolute atomic E-state index is 5.43. The van der Waals surface area contributed by atoms with Crippen LogP contribution in [0.2, 0.25) is 0 Å². The molecule has 0 radical (unpaired) electrons. The molecule has 3 aromatic rings. The Labute approximate surface area is 159 Å². The SMILES string of the molecule is CCNC(=NCc1c(CC)noc1CC)NCc1cn2c(C)cccc2n1. The predicted octanol–water partition coefficient (Wildman–Crippen LogP) is 3.01. The van der Waals surface area contributed by atoms with Crippen LogP contribution in [0.5, 0.6) is 0 Å². The highest BCUT2D eigenvalue weighted by Gasteiger charge is 2.13. The summed E-state index contributed by atoms with van der Waals surface area (Å²) in [5.74, 6) is 1.68. The molecule has 144 valence electrons. The van der Waals surface area contributed by atoms with Crippen LogP contribution in [0, 0.1) is 6.92 Å². The molecule has 0 bridgehead atoms. The van der Waals surface area contributed by atoms with Crippen molar-refractivity contribution in [2.45, 2.75) is 53.6 Å². The van der Waals surface area contributed by atoms with Gasteiger partial charge in [-0.15, -0.1) is 0 Å². The number of guanidine groups is 1. The number of fused-ring (bicyclic) bond motifs is 1. The van der Waals surface area contributed by atoms with E-state index in [1.54, 1.807) is 0 Å². The zero-order chi connectivity index (χ0) is 19.2. The maximum Gasteiger partial charge on any atom is 0.191 e. The fourth-order valence-electron chi connectivity index (χ4n) is 3.07. The van der Waals surface area contributed by atoms with Crippen LogP contribution >= 0.6 is 0 Å². The Hall–Kier alpha value is -2.83. The predicted molar refractivity (Wildman–Crippen MR) is 107 cm³/mol. The van der Waals surface area contributed by atoms with E-state index in [-0.39, 0.29) is 0 Å². The summed E-state index contributed by atoms with van der Waals surface area (Å²) in [5, 5.41) is 10.8. The van der Waals surface area contributed by atoms with Crippen molar-refractivity contribution in [3.63, 3.8) is 0 Å². The third-order valence-corrected chi connectivity index (χ3v) is 4.53. The van der Waals surface area contributed by atoms with Crippen molar-refractivity contribution in [2.75, 3.05) is 6.54 Å². The van der Waals surface area contributed by atoms with Crippen molar-refractivity contribution in [1.82, 2.24) is 25.2 Å². The lowest BCUT2D eigenvalue weighted by Crippen LogP contribution is -2.36. The molecule has 0 aliphatic carbocycles. The first kappa shape index (κ1) is 18.9. The van der Waals surface area contributed by atoms with Gasteiger partial charge in [-0.25, -0.2) is 9.98 Å². The van der Waals surface area contributed by atoms with Gasteiger partial charge in [-0.3, -0.25) is 0 Å². The minimum Gasteiger partial charge on any atom is -0.361 e. The molecule has 0 unspecified atom stereocenters. The molecular weight excluding hydrogens is 340 g/mol. The second-order valence-corrected chi connectivity index (χ2v) is 6.41. The molecule has 0 saturated heterocycles. The first-order valence-electron chi connectivity index (χ1n) is 9.58. The lowest BCUT2D eigenvalue weighted by molar-refractivity contribution is 0.380. The fourth-order valence-corrected chi connectivity index (χ4v) is 3.07. The minimum atomic E-state index is 0.551. The van der Waals surface area contributed by atoms with Gasteiger partial charge in [-0.05, 0) is 32.4 Å². The van der Waals surface area contributed by atoms with Crippen molar-refractivity contribution >= 4 is 11.6 Å². The van der Waals surface area contributed by atoms with Crippen LogP contribution in [0.4, 0.5) is 0 Å². The molecule has 27 heavy (non-hydrogen) atoms. The molecule has 2 N–H and O–H groups in total. The average molecular weight is 368 g/mol. The molecule has 0 atom stereocenters. The van der Waals surface area contributed by atoms with Gasteiger partial charge in [-0.1, -0.05) is 25.1 Å². The van der Waals surface area contributed by atoms with E-state index in [9.17, 15) is 0 Å². The number of aryl methyl sites for hydroxylation is 3. The number of nitrogens with one attached hydrogen (secondary N) is 2. The Morgan fingerprint density at radius 3 is 2.74 bits per heavy atom. The summed E-state index contributed by atoms with van der Waals surface area (Å²) >= 11 is 0. The van der Waals surface area contributed by atoms with Crippen molar-refractivity contribution in [1.29, 1.82) is 0 Å². The normalized spacial score (nSPS) is 11.9. The van der Waals surface area contributed by atoms with E-state index in [0.717, 1.165) is 53.7 Å². The third kappa shape index (κ3) is 4.30. The monoisotopic (exact) mass is 368 g/mol. The van der Waals surface area contributed by atoms with Gasteiger partial charge in [0.15, 0.2) is 5.96 Å². The van der Waals surface area contributed by atoms with Crippen molar-refractivity contribution < 1.29 is 4.52 Å². The lowest BCUT2D eigenvalue weighted by atomic mass is 10.1. The quantitative estimate of drug-likeness (QED) is 0.495. The van der Waals surface area contributed by atoms with Crippen LogP contribution in [0.1, 0.15) is 49.2 Å². The molecule has 0 spiro atoms. The van der Waals surface area contributed by atoms with E-state index < -0.39 is 0 Å². The van der Waals surface area contributed by atoms with Crippen LogP contribution in [0.15, 0.2) is 33.9 Å². The van der Waals surface area contributed by atoms with Gasteiger partial charge in [0.25, 0.3) is 0 Å². The second-order valence-electron chi connectivity index (χ2n) is 6.41. The summed E-state index contributed by atoms with van der Waals surface area (Å²) in [7, 11) is 0. The Bertz CT molecular complexity index is 902. The second kappa shape index (κ2) is 8.70. The molecule has 0 amide bonds. The Morgan fingerprint density at radius 1 is 1.19 bits per heavy atom. The van der Waals surface area contributed by atoms with E-state index in [1.165, 1.54) is 5.69 Å². The molecule has 0 aliphatic heterocycles. The Kier molecular flexibility index (Phi) is 6.11. The summed E-state index contributed by atoms with van der Waals surface area (Å²) in [6.07, 6.45) is 3.73. The number of hydrogen-bond donors (Lipinski definition) is 2. The number of nitrogens with zero attached hydrogens (tertiary/aromatic N) is 4. The van der Waals surface area contributed by atoms with Gasteiger partial charge < -0.3 is 19.6 Å². The highest BCUT2D eigenvalue weighted by Crippen LogP contribution is 2.16. The summed E-state index contributed by atoms with van der Waals surface area (Å²) < 4.78 is 7.53. The van der Waals surface area contributed by atoms with Gasteiger partial charge in [0.05, 0.1) is 24.5 Å². The molecule has 0 aliphatic rings. The average Bonchev–Trinajstić information content (AvgIpc) is 3.27. The summed E-state index contributed by atoms with van der Waals surface area (Å²) in [6, 6.07) is 6.11. The number of imidazole rings is 1. The van der Waals surface area contributed by atoms with Crippen LogP contribution in [0.3, 0.4) is 0 Å². The van der Waals surface area contributed by atoms with Gasteiger partial charge in [0.1, 0.15) is 11.4 Å². The largest absolute Gasteiger partial charge is 0.361 e. The standard InChI is InChI=1S/C20H28N6O/c1-5-17-16(18(6-2)27-25-17)12-23-20(21-7-3)22-11-15-13-26-14(4)9-8-10-19(26)24-15/h8-10,13H,5-7,11-12H2,1-4H3,(H2,21,22,23). The van der Waals surface area contributed by atoms with E-state index in [1.807, 2.05) is 12.1 Å². The number of rotatable bonds is 7. The van der Waals surface area contributed by atoms with Crippen LogP contribution in [0.25, 0.3) is 5.65 Å². The van der Waals surface area contributed by atoms with E-state index in [2.05, 4.69) is 65.1 Å². The zero-order valence-corrected chi connectivity index (χ0v) is 16.5. The molecule has 0 aromatic carbocycles. The summed E-state index contributed by atoms with van der Waals surface area (Å²) in [5.41, 5.74) is 5.18. The number of aromatic nitrogens is 3. The minimum absolute atomic E-state index is 0.551. The number of hydrogen-bond acceptors (Lipinski definition) is 4. The maximum atomic E-state index is 5.43. The Balaban J connectivity index is 1.72. The lowest BCUT2D eigenvalue weighted by Gasteiger charge is -2.10. The van der Waals surface area contributed by atoms with Crippen molar-refractivity contribution in [2.24, 2.45) is 4.99 Å².